The molecule has 0 spiro atoms. The van der Waals surface area contributed by atoms with E-state index in [4.69, 9.17) is 0 Å². The molecule has 3 rings (SSSR count). The minimum Gasteiger partial charge on any atom is -0.335 e. The van der Waals surface area contributed by atoms with Crippen molar-refractivity contribution in [2.24, 2.45) is 0 Å². The van der Waals surface area contributed by atoms with E-state index in [1.165, 1.54) is 18.4 Å². The molecular weight excluding hydrogens is 316 g/mol. The van der Waals surface area contributed by atoms with Gasteiger partial charge >= 0.3 is 6.03 Å². The monoisotopic (exact) mass is 344 g/mol. The number of benzene rings is 1. The third-order valence-corrected chi connectivity index (χ3v) is 5.15. The van der Waals surface area contributed by atoms with Crippen molar-refractivity contribution >= 4 is 11.9 Å². The smallest absolute Gasteiger partial charge is 0.319 e. The Labute approximate surface area is 149 Å². The summed E-state index contributed by atoms with van der Waals surface area (Å²) in [5, 5.41) is 3.43. The zero-order valence-electron chi connectivity index (χ0n) is 15.2. The number of amides is 3. The van der Waals surface area contributed by atoms with Crippen molar-refractivity contribution in [1.29, 1.82) is 0 Å². The Balaban J connectivity index is 1.57. The summed E-state index contributed by atoms with van der Waals surface area (Å²) in [7, 11) is 3.51. The van der Waals surface area contributed by atoms with Crippen LogP contribution in [-0.2, 0) is 0 Å². The largest absolute Gasteiger partial charge is 0.335 e. The van der Waals surface area contributed by atoms with E-state index in [0.29, 0.717) is 32.1 Å². The van der Waals surface area contributed by atoms with Gasteiger partial charge in [0.1, 0.15) is 0 Å². The molecule has 2 aliphatic rings. The SMILES string of the molecule is CN(C)C(=O)N1CCN(C(=O)c2ccc([C@H]3CCCNC3)cc2)CC1. The summed E-state index contributed by atoms with van der Waals surface area (Å²) < 4.78 is 0. The molecule has 2 fully saturated rings. The van der Waals surface area contributed by atoms with E-state index in [2.05, 4.69) is 17.4 Å². The number of carbonyl (C=O) groups is 2. The first kappa shape index (κ1) is 17.7. The molecule has 0 bridgehead atoms. The van der Waals surface area contributed by atoms with Crippen LogP contribution in [0.2, 0.25) is 0 Å². The summed E-state index contributed by atoms with van der Waals surface area (Å²) in [6, 6.07) is 8.10. The molecule has 1 atom stereocenters. The zero-order valence-corrected chi connectivity index (χ0v) is 15.2. The Morgan fingerprint density at radius 2 is 1.68 bits per heavy atom. The lowest BCUT2D eigenvalue weighted by Gasteiger charge is -2.36. The lowest BCUT2D eigenvalue weighted by Crippen LogP contribution is -2.52. The molecule has 3 amide bonds. The zero-order chi connectivity index (χ0) is 17.8. The molecule has 25 heavy (non-hydrogen) atoms. The summed E-state index contributed by atoms with van der Waals surface area (Å²) in [6.45, 7) is 4.49. The summed E-state index contributed by atoms with van der Waals surface area (Å²) in [6.07, 6.45) is 2.42. The van der Waals surface area contributed by atoms with Crippen LogP contribution < -0.4 is 5.32 Å². The van der Waals surface area contributed by atoms with Gasteiger partial charge in [0, 0.05) is 52.4 Å². The predicted octanol–water partition coefficient (Wildman–Crippen LogP) is 1.59. The summed E-state index contributed by atoms with van der Waals surface area (Å²) >= 11 is 0. The van der Waals surface area contributed by atoms with Crippen LogP contribution in [0.3, 0.4) is 0 Å². The van der Waals surface area contributed by atoms with Gasteiger partial charge in [-0.1, -0.05) is 12.1 Å². The number of hydrogen-bond acceptors (Lipinski definition) is 3. The summed E-state index contributed by atoms with van der Waals surface area (Å²) in [4.78, 5) is 29.9. The maximum Gasteiger partial charge on any atom is 0.319 e. The Morgan fingerprint density at radius 3 is 2.24 bits per heavy atom. The van der Waals surface area contributed by atoms with Gasteiger partial charge in [-0.15, -0.1) is 0 Å². The van der Waals surface area contributed by atoms with E-state index >= 15 is 0 Å². The molecule has 2 saturated heterocycles. The number of urea groups is 1. The number of nitrogens with zero attached hydrogens (tertiary/aromatic N) is 3. The van der Waals surface area contributed by atoms with Crippen LogP contribution in [0.1, 0.15) is 34.7 Å². The Hall–Kier alpha value is -2.08. The molecule has 1 N–H and O–H groups in total. The van der Waals surface area contributed by atoms with Gasteiger partial charge < -0.3 is 20.0 Å². The summed E-state index contributed by atoms with van der Waals surface area (Å²) in [5.41, 5.74) is 2.05. The van der Waals surface area contributed by atoms with Crippen LogP contribution in [0, 0.1) is 0 Å². The van der Waals surface area contributed by atoms with Gasteiger partial charge in [-0.05, 0) is 43.0 Å². The average Bonchev–Trinajstić information content (AvgIpc) is 2.67. The highest BCUT2D eigenvalue weighted by Gasteiger charge is 2.25. The third kappa shape index (κ3) is 4.12. The number of nitrogens with one attached hydrogen (secondary N) is 1. The van der Waals surface area contributed by atoms with Crippen molar-refractivity contribution in [2.45, 2.75) is 18.8 Å². The van der Waals surface area contributed by atoms with E-state index in [0.717, 1.165) is 18.7 Å². The van der Waals surface area contributed by atoms with Gasteiger partial charge in [-0.25, -0.2) is 4.79 Å². The summed E-state index contributed by atoms with van der Waals surface area (Å²) in [5.74, 6) is 0.615. The van der Waals surface area contributed by atoms with Gasteiger partial charge in [0.25, 0.3) is 5.91 Å². The van der Waals surface area contributed by atoms with Crippen LogP contribution >= 0.6 is 0 Å². The second-order valence-corrected chi connectivity index (χ2v) is 7.12. The minimum absolute atomic E-state index is 0.0116. The van der Waals surface area contributed by atoms with Crippen LogP contribution in [0.4, 0.5) is 4.79 Å². The van der Waals surface area contributed by atoms with Gasteiger partial charge in [0.15, 0.2) is 0 Å². The molecule has 0 unspecified atom stereocenters. The van der Waals surface area contributed by atoms with Gasteiger partial charge in [0.2, 0.25) is 0 Å². The van der Waals surface area contributed by atoms with E-state index in [9.17, 15) is 9.59 Å². The highest BCUT2D eigenvalue weighted by atomic mass is 16.2. The quantitative estimate of drug-likeness (QED) is 0.886. The second-order valence-electron chi connectivity index (χ2n) is 7.12. The van der Waals surface area contributed by atoms with Crippen molar-refractivity contribution in [2.75, 3.05) is 53.4 Å². The average molecular weight is 344 g/mol. The second kappa shape index (κ2) is 7.87. The number of hydrogen-bond donors (Lipinski definition) is 1. The molecular formula is C19H28N4O2. The first-order chi connectivity index (χ1) is 12.1. The minimum atomic E-state index is 0.0116. The van der Waals surface area contributed by atoms with Crippen LogP contribution in [0.15, 0.2) is 24.3 Å². The fourth-order valence-corrected chi connectivity index (χ4v) is 3.60. The van der Waals surface area contributed by atoms with Gasteiger partial charge in [-0.2, -0.15) is 0 Å². The Bertz CT molecular complexity index is 600. The number of piperidine rings is 1. The molecule has 2 heterocycles. The maximum atomic E-state index is 12.7. The van der Waals surface area contributed by atoms with Crippen molar-refractivity contribution in [3.63, 3.8) is 0 Å². The fourth-order valence-electron chi connectivity index (χ4n) is 3.60. The molecule has 6 heteroatoms. The highest BCUT2D eigenvalue weighted by molar-refractivity contribution is 5.94. The molecule has 2 aliphatic heterocycles. The molecule has 0 aromatic heterocycles. The number of carbonyl (C=O) groups excluding carboxylic acids is 2. The molecule has 1 aromatic carbocycles. The van der Waals surface area contributed by atoms with Crippen LogP contribution in [0.5, 0.6) is 0 Å². The number of rotatable bonds is 2. The molecule has 0 radical (unpaired) electrons. The van der Waals surface area contributed by atoms with Crippen LogP contribution in [-0.4, -0.2) is 80.0 Å². The molecule has 1 aromatic rings. The fraction of sp³-hybridized carbons (Fsp3) is 0.579. The first-order valence-corrected chi connectivity index (χ1v) is 9.12. The van der Waals surface area contributed by atoms with Crippen molar-refractivity contribution < 1.29 is 9.59 Å². The molecule has 6 nitrogen and oxygen atoms in total. The topological polar surface area (TPSA) is 55.9 Å². The van der Waals surface area contributed by atoms with Crippen molar-refractivity contribution in [1.82, 2.24) is 20.0 Å². The van der Waals surface area contributed by atoms with Crippen LogP contribution in [0.25, 0.3) is 0 Å². The third-order valence-electron chi connectivity index (χ3n) is 5.15. The van der Waals surface area contributed by atoms with Gasteiger partial charge in [-0.3, -0.25) is 4.79 Å². The lowest BCUT2D eigenvalue weighted by molar-refractivity contribution is 0.0650. The molecule has 0 aliphatic carbocycles. The normalized spacial score (nSPS) is 21.1. The Kier molecular flexibility index (Phi) is 5.58. The molecule has 0 saturated carbocycles. The van der Waals surface area contributed by atoms with E-state index in [1.54, 1.807) is 23.9 Å². The highest BCUT2D eigenvalue weighted by Crippen LogP contribution is 2.23. The van der Waals surface area contributed by atoms with Crippen molar-refractivity contribution in [3.8, 4) is 0 Å². The van der Waals surface area contributed by atoms with E-state index < -0.39 is 0 Å². The van der Waals surface area contributed by atoms with Gasteiger partial charge in [0.05, 0.1) is 0 Å². The number of piperazine rings is 1. The first-order valence-electron chi connectivity index (χ1n) is 9.12. The predicted molar refractivity (Wildman–Crippen MR) is 97.8 cm³/mol. The van der Waals surface area contributed by atoms with E-state index in [1.807, 2.05) is 17.0 Å². The van der Waals surface area contributed by atoms with E-state index in [-0.39, 0.29) is 11.9 Å². The van der Waals surface area contributed by atoms with Crippen molar-refractivity contribution in [3.05, 3.63) is 35.4 Å². The Morgan fingerprint density at radius 1 is 1.04 bits per heavy atom. The maximum absolute atomic E-state index is 12.7. The lowest BCUT2D eigenvalue weighted by atomic mass is 9.91. The molecule has 136 valence electrons. The standard InChI is InChI=1S/C19H28N4O2/c1-21(2)19(25)23-12-10-22(11-13-23)18(24)16-7-5-15(6-8-16)17-4-3-9-20-14-17/h5-8,17,20H,3-4,9-14H2,1-2H3/t17-/m0/s1.